The number of aryl methyl sites for hydroxylation is 1. The molecule has 146 valence electrons. The topological polar surface area (TPSA) is 45.7 Å². The lowest BCUT2D eigenvalue weighted by molar-refractivity contribution is 0.0391. The van der Waals surface area contributed by atoms with E-state index in [0.29, 0.717) is 17.1 Å². The molecule has 1 amide bonds. The van der Waals surface area contributed by atoms with Crippen molar-refractivity contribution in [2.45, 2.75) is 6.92 Å². The van der Waals surface area contributed by atoms with Crippen LogP contribution in [0.25, 0.3) is 10.2 Å². The van der Waals surface area contributed by atoms with E-state index in [4.69, 9.17) is 21.3 Å². The average molecular weight is 416 g/mol. The zero-order valence-electron chi connectivity index (χ0n) is 15.7. The molecule has 0 spiro atoms. The molecular formula is C21H22ClN3O2S. The van der Waals surface area contributed by atoms with E-state index >= 15 is 0 Å². The number of nitrogens with zero attached hydrogens (tertiary/aromatic N) is 3. The van der Waals surface area contributed by atoms with E-state index in [1.54, 1.807) is 40.5 Å². The summed E-state index contributed by atoms with van der Waals surface area (Å²) in [7, 11) is 0. The summed E-state index contributed by atoms with van der Waals surface area (Å²) in [6, 6.07) is 13.2. The number of anilines is 1. The molecule has 0 bridgehead atoms. The van der Waals surface area contributed by atoms with E-state index in [1.807, 2.05) is 19.1 Å². The monoisotopic (exact) mass is 415 g/mol. The molecule has 0 atom stereocenters. The first-order valence-electron chi connectivity index (χ1n) is 9.35. The standard InChI is InChI=1S/C21H22ClN3O2S/c1-15-3-2-4-18-19(15)23-21(28-18)25(10-9-24-11-13-27-14-12-24)20(26)16-5-7-17(22)8-6-16/h2-8H,9-14H2,1H3. The lowest BCUT2D eigenvalue weighted by Gasteiger charge is -2.29. The highest BCUT2D eigenvalue weighted by Gasteiger charge is 2.23. The molecule has 1 aliphatic rings. The minimum Gasteiger partial charge on any atom is -0.379 e. The van der Waals surface area contributed by atoms with Crippen molar-refractivity contribution in [2.75, 3.05) is 44.3 Å². The fourth-order valence-electron chi connectivity index (χ4n) is 3.29. The largest absolute Gasteiger partial charge is 0.379 e. The SMILES string of the molecule is Cc1cccc2sc(N(CCN3CCOCC3)C(=O)c3ccc(Cl)cc3)nc12. The fraction of sp³-hybridized carbons (Fsp3) is 0.333. The van der Waals surface area contributed by atoms with Gasteiger partial charge in [0.1, 0.15) is 0 Å². The van der Waals surface area contributed by atoms with Gasteiger partial charge in [-0.3, -0.25) is 14.6 Å². The number of aromatic nitrogens is 1. The first-order chi connectivity index (χ1) is 13.6. The number of carbonyl (C=O) groups excluding carboxylic acids is 1. The molecule has 0 N–H and O–H groups in total. The van der Waals surface area contributed by atoms with Crippen LogP contribution >= 0.6 is 22.9 Å². The highest BCUT2D eigenvalue weighted by molar-refractivity contribution is 7.22. The first-order valence-corrected chi connectivity index (χ1v) is 10.5. The number of rotatable bonds is 5. The van der Waals surface area contributed by atoms with E-state index < -0.39 is 0 Å². The van der Waals surface area contributed by atoms with Crippen LogP contribution in [-0.2, 0) is 4.74 Å². The zero-order chi connectivity index (χ0) is 19.5. The van der Waals surface area contributed by atoms with E-state index in [-0.39, 0.29) is 5.91 Å². The van der Waals surface area contributed by atoms with Crippen LogP contribution in [0, 0.1) is 6.92 Å². The van der Waals surface area contributed by atoms with Gasteiger partial charge in [0, 0.05) is 36.8 Å². The number of benzene rings is 2. The molecule has 1 aromatic heterocycles. The van der Waals surface area contributed by atoms with Crippen molar-refractivity contribution in [2.24, 2.45) is 0 Å². The van der Waals surface area contributed by atoms with Gasteiger partial charge in [0.15, 0.2) is 5.13 Å². The highest BCUT2D eigenvalue weighted by Crippen LogP contribution is 2.31. The second kappa shape index (κ2) is 8.57. The quantitative estimate of drug-likeness (QED) is 0.625. The summed E-state index contributed by atoms with van der Waals surface area (Å²) in [5, 5.41) is 1.35. The molecular weight excluding hydrogens is 394 g/mol. The Hall–Kier alpha value is -1.99. The number of carbonyl (C=O) groups is 1. The molecule has 0 saturated carbocycles. The van der Waals surface area contributed by atoms with Crippen LogP contribution in [0.5, 0.6) is 0 Å². The number of thiazole rings is 1. The van der Waals surface area contributed by atoms with Gasteiger partial charge in [-0.2, -0.15) is 0 Å². The van der Waals surface area contributed by atoms with Crippen LogP contribution < -0.4 is 4.90 Å². The van der Waals surface area contributed by atoms with Crippen LogP contribution in [0.3, 0.4) is 0 Å². The molecule has 28 heavy (non-hydrogen) atoms. The van der Waals surface area contributed by atoms with Gasteiger partial charge in [-0.25, -0.2) is 4.98 Å². The summed E-state index contributed by atoms with van der Waals surface area (Å²) < 4.78 is 6.52. The Bertz CT molecular complexity index is 967. The van der Waals surface area contributed by atoms with Crippen LogP contribution in [0.1, 0.15) is 15.9 Å². The number of para-hydroxylation sites is 1. The van der Waals surface area contributed by atoms with Gasteiger partial charge in [0.25, 0.3) is 5.91 Å². The molecule has 1 aliphatic heterocycles. The van der Waals surface area contributed by atoms with Gasteiger partial charge < -0.3 is 4.74 Å². The molecule has 0 unspecified atom stereocenters. The predicted octanol–water partition coefficient (Wildman–Crippen LogP) is 4.24. The highest BCUT2D eigenvalue weighted by atomic mass is 35.5. The molecule has 0 radical (unpaired) electrons. The minimum atomic E-state index is -0.0540. The summed E-state index contributed by atoms with van der Waals surface area (Å²) in [6.07, 6.45) is 0. The maximum absolute atomic E-state index is 13.3. The molecule has 2 heterocycles. The maximum atomic E-state index is 13.3. The first kappa shape index (κ1) is 19.3. The molecule has 3 aromatic rings. The number of hydrogen-bond donors (Lipinski definition) is 0. The third-order valence-corrected chi connectivity index (χ3v) is 6.22. The van der Waals surface area contributed by atoms with Crippen molar-refractivity contribution in [3.05, 3.63) is 58.6 Å². The summed E-state index contributed by atoms with van der Waals surface area (Å²) in [5.74, 6) is -0.0540. The molecule has 2 aromatic carbocycles. The van der Waals surface area contributed by atoms with Crippen molar-refractivity contribution in [3.8, 4) is 0 Å². The molecule has 1 saturated heterocycles. The zero-order valence-corrected chi connectivity index (χ0v) is 17.3. The Morgan fingerprint density at radius 3 is 2.68 bits per heavy atom. The van der Waals surface area contributed by atoms with Crippen molar-refractivity contribution < 1.29 is 9.53 Å². The van der Waals surface area contributed by atoms with Gasteiger partial charge in [-0.1, -0.05) is 35.1 Å². The summed E-state index contributed by atoms with van der Waals surface area (Å²) >= 11 is 7.55. The Kier molecular flexibility index (Phi) is 5.92. The van der Waals surface area contributed by atoms with Gasteiger partial charge in [-0.15, -0.1) is 0 Å². The van der Waals surface area contributed by atoms with Gasteiger partial charge >= 0.3 is 0 Å². The van der Waals surface area contributed by atoms with Crippen LogP contribution in [0.4, 0.5) is 5.13 Å². The van der Waals surface area contributed by atoms with Crippen molar-refractivity contribution in [1.29, 1.82) is 0 Å². The Morgan fingerprint density at radius 2 is 1.96 bits per heavy atom. The van der Waals surface area contributed by atoms with E-state index in [0.717, 1.165) is 53.8 Å². The summed E-state index contributed by atoms with van der Waals surface area (Å²) in [4.78, 5) is 22.2. The number of ether oxygens (including phenoxy) is 1. The number of halogens is 1. The third kappa shape index (κ3) is 4.20. The Labute approximate surface area is 173 Å². The van der Waals surface area contributed by atoms with Crippen molar-refractivity contribution >= 4 is 44.2 Å². The number of morpholine rings is 1. The maximum Gasteiger partial charge on any atom is 0.260 e. The Morgan fingerprint density at radius 1 is 1.21 bits per heavy atom. The molecule has 0 aliphatic carbocycles. The lowest BCUT2D eigenvalue weighted by atomic mass is 10.2. The van der Waals surface area contributed by atoms with Crippen molar-refractivity contribution in [1.82, 2.24) is 9.88 Å². The second-order valence-electron chi connectivity index (χ2n) is 6.84. The van der Waals surface area contributed by atoms with Crippen LogP contribution in [-0.4, -0.2) is 55.2 Å². The van der Waals surface area contributed by atoms with E-state index in [2.05, 4.69) is 11.0 Å². The van der Waals surface area contributed by atoms with Crippen LogP contribution in [0.2, 0.25) is 5.02 Å². The fourth-order valence-corrected chi connectivity index (χ4v) is 4.48. The minimum absolute atomic E-state index is 0.0540. The molecule has 7 heteroatoms. The van der Waals surface area contributed by atoms with E-state index in [1.165, 1.54) is 0 Å². The summed E-state index contributed by atoms with van der Waals surface area (Å²) in [5.41, 5.74) is 2.69. The van der Waals surface area contributed by atoms with Gasteiger partial charge in [0.2, 0.25) is 0 Å². The summed E-state index contributed by atoms with van der Waals surface area (Å²) in [6.45, 7) is 6.68. The molecule has 5 nitrogen and oxygen atoms in total. The predicted molar refractivity (Wildman–Crippen MR) is 115 cm³/mol. The normalized spacial score (nSPS) is 15.1. The van der Waals surface area contributed by atoms with Crippen molar-refractivity contribution in [3.63, 3.8) is 0 Å². The number of hydrogen-bond acceptors (Lipinski definition) is 5. The lowest BCUT2D eigenvalue weighted by Crippen LogP contribution is -2.43. The van der Waals surface area contributed by atoms with Gasteiger partial charge in [-0.05, 0) is 42.8 Å². The number of fused-ring (bicyclic) bond motifs is 1. The number of amides is 1. The molecule has 4 rings (SSSR count). The average Bonchev–Trinajstić information content (AvgIpc) is 3.15. The third-order valence-electron chi connectivity index (χ3n) is 4.92. The van der Waals surface area contributed by atoms with E-state index in [9.17, 15) is 4.79 Å². The Balaban J connectivity index is 1.64. The molecule has 1 fully saturated rings. The van der Waals surface area contributed by atoms with Crippen LogP contribution in [0.15, 0.2) is 42.5 Å². The second-order valence-corrected chi connectivity index (χ2v) is 8.28. The van der Waals surface area contributed by atoms with Gasteiger partial charge in [0.05, 0.1) is 23.4 Å². The smallest absolute Gasteiger partial charge is 0.260 e.